The van der Waals surface area contributed by atoms with Gasteiger partial charge in [0.15, 0.2) is 5.69 Å². The Morgan fingerprint density at radius 3 is 2.84 bits per heavy atom. The van der Waals surface area contributed by atoms with Crippen LogP contribution in [0.1, 0.15) is 77.3 Å². The van der Waals surface area contributed by atoms with Crippen molar-refractivity contribution in [3.8, 4) is 6.01 Å². The van der Waals surface area contributed by atoms with Crippen molar-refractivity contribution in [1.82, 2.24) is 29.5 Å². The summed E-state index contributed by atoms with van der Waals surface area (Å²) in [5, 5.41) is 6.39. The van der Waals surface area contributed by atoms with Crippen LogP contribution in [-0.2, 0) is 37.3 Å². The van der Waals surface area contributed by atoms with Crippen molar-refractivity contribution in [2.45, 2.75) is 76.8 Å². The molecule has 12 heteroatoms. The molecule has 2 aromatic carbocycles. The minimum Gasteiger partial charge on any atom is -0.461 e. The van der Waals surface area contributed by atoms with Crippen LogP contribution in [0.5, 0.6) is 6.01 Å². The van der Waals surface area contributed by atoms with Gasteiger partial charge in [-0.15, -0.1) is 0 Å². The van der Waals surface area contributed by atoms with Gasteiger partial charge in [-0.1, -0.05) is 25.1 Å². The van der Waals surface area contributed by atoms with Crippen molar-refractivity contribution in [1.29, 1.82) is 0 Å². The maximum absolute atomic E-state index is 15.1. The van der Waals surface area contributed by atoms with E-state index >= 15 is 4.39 Å². The molecule has 1 amide bonds. The Labute approximate surface area is 291 Å². The molecule has 6 heterocycles. The maximum Gasteiger partial charge on any atom is 0.318 e. The van der Waals surface area contributed by atoms with Gasteiger partial charge in [-0.25, -0.2) is 4.39 Å². The number of nitrogens with two attached hydrogens (primary N) is 1. The fourth-order valence-corrected chi connectivity index (χ4v) is 8.55. The van der Waals surface area contributed by atoms with Crippen molar-refractivity contribution in [2.75, 3.05) is 51.0 Å². The van der Waals surface area contributed by atoms with Gasteiger partial charge in [0.25, 0.3) is 5.91 Å². The van der Waals surface area contributed by atoms with Crippen LogP contribution in [0.2, 0.25) is 0 Å². The third-order valence-corrected chi connectivity index (χ3v) is 10.9. The number of fused-ring (bicyclic) bond motifs is 4. The molecule has 4 aromatic rings. The first-order valence-electron chi connectivity index (χ1n) is 17.7. The van der Waals surface area contributed by atoms with E-state index in [0.29, 0.717) is 55.5 Å². The van der Waals surface area contributed by atoms with E-state index in [0.717, 1.165) is 84.4 Å². The second kappa shape index (κ2) is 12.6. The van der Waals surface area contributed by atoms with Gasteiger partial charge >= 0.3 is 6.01 Å². The average Bonchev–Trinajstić information content (AvgIpc) is 3.73. The first-order chi connectivity index (χ1) is 24.1. The Bertz CT molecular complexity index is 2010. The van der Waals surface area contributed by atoms with Gasteiger partial charge in [-0.2, -0.15) is 15.1 Å². The molecule has 2 fully saturated rings. The fraction of sp³-hybridized carbons (Fsp3) is 0.474. The molecule has 0 bridgehead atoms. The molecule has 262 valence electrons. The number of benzene rings is 2. The van der Waals surface area contributed by atoms with E-state index in [-0.39, 0.29) is 30.0 Å². The van der Waals surface area contributed by atoms with E-state index in [2.05, 4.69) is 21.5 Å². The second-order valence-electron chi connectivity index (χ2n) is 14.5. The summed E-state index contributed by atoms with van der Waals surface area (Å²) in [6.07, 6.45) is 4.56. The zero-order valence-electron chi connectivity index (χ0n) is 29.2. The summed E-state index contributed by atoms with van der Waals surface area (Å²) in [4.78, 5) is 29.2. The van der Waals surface area contributed by atoms with Crippen LogP contribution in [0.4, 0.5) is 15.9 Å². The highest BCUT2D eigenvalue weighted by molar-refractivity contribution is 5.92. The standard InChI is InChI=1S/C38H45FN8O3/c1-5-27-30(39)9-8-24-14-25(40)15-28(34(24)27)33-17-31-29(21-49-33)35(42-37(41-31)50-22-38-10-6-12-46(38)19-23(2)18-38)45-11-7-13-47-26(20-45)16-32(43-47)36(48)44(3)4/h8-9,14-16,33H,2,5-7,10-13,17-22,40H2,1,3-4H3/t33-,38+/m0/s1. The molecule has 8 rings (SSSR count). The topological polar surface area (TPSA) is 115 Å². The monoisotopic (exact) mass is 680 g/mol. The largest absolute Gasteiger partial charge is 0.461 e. The predicted molar refractivity (Wildman–Crippen MR) is 190 cm³/mol. The van der Waals surface area contributed by atoms with Crippen LogP contribution in [0.25, 0.3) is 10.8 Å². The molecule has 2 N–H and O–H groups in total. The first kappa shape index (κ1) is 32.6. The Balaban J connectivity index is 1.17. The summed E-state index contributed by atoms with van der Waals surface area (Å²) in [5.41, 5.74) is 12.8. The molecule has 2 atom stereocenters. The average molecular weight is 681 g/mol. The van der Waals surface area contributed by atoms with E-state index in [4.69, 9.17) is 25.2 Å². The SMILES string of the molecule is C=C1CN2CCC[C@]2(COc2nc3c(c(N4CCCn5nc(C(=O)N(C)C)cc5C4)n2)CO[C@H](c2cc(N)cc4ccc(F)c(CC)c24)C3)C1. The highest BCUT2D eigenvalue weighted by Gasteiger charge is 2.46. The molecule has 4 aliphatic heterocycles. The molecule has 0 radical (unpaired) electrons. The lowest BCUT2D eigenvalue weighted by molar-refractivity contribution is 0.0263. The molecule has 0 aliphatic carbocycles. The van der Waals surface area contributed by atoms with E-state index in [1.807, 2.05) is 29.8 Å². The quantitative estimate of drug-likeness (QED) is 0.208. The van der Waals surface area contributed by atoms with Gasteiger partial charge in [-0.05, 0) is 84.8 Å². The van der Waals surface area contributed by atoms with E-state index < -0.39 is 0 Å². The highest BCUT2D eigenvalue weighted by atomic mass is 19.1. The summed E-state index contributed by atoms with van der Waals surface area (Å²) in [6, 6.07) is 9.34. The molecule has 50 heavy (non-hydrogen) atoms. The first-order valence-corrected chi connectivity index (χ1v) is 17.7. The van der Waals surface area contributed by atoms with Crippen LogP contribution in [0.15, 0.2) is 42.5 Å². The van der Waals surface area contributed by atoms with Gasteiger partial charge in [0, 0.05) is 51.4 Å². The van der Waals surface area contributed by atoms with Crippen LogP contribution < -0.4 is 15.4 Å². The lowest BCUT2D eigenvalue weighted by atomic mass is 9.90. The zero-order chi connectivity index (χ0) is 34.7. The molecule has 2 aromatic heterocycles. The van der Waals surface area contributed by atoms with Crippen molar-refractivity contribution in [3.05, 3.63) is 82.1 Å². The number of rotatable bonds is 7. The van der Waals surface area contributed by atoms with E-state index in [9.17, 15) is 4.79 Å². The number of aromatic nitrogens is 4. The van der Waals surface area contributed by atoms with Crippen LogP contribution >= 0.6 is 0 Å². The van der Waals surface area contributed by atoms with Crippen molar-refractivity contribution in [2.24, 2.45) is 0 Å². The van der Waals surface area contributed by atoms with Crippen LogP contribution in [-0.4, -0.2) is 81.3 Å². The molecule has 0 spiro atoms. The lowest BCUT2D eigenvalue weighted by Crippen LogP contribution is -2.43. The third-order valence-electron chi connectivity index (χ3n) is 10.9. The summed E-state index contributed by atoms with van der Waals surface area (Å²) < 4.78 is 30.3. The number of carbonyl (C=O) groups excluding carboxylic acids is 1. The second-order valence-corrected chi connectivity index (χ2v) is 14.5. The summed E-state index contributed by atoms with van der Waals surface area (Å²) in [7, 11) is 3.47. The Hall–Kier alpha value is -4.55. The lowest BCUT2D eigenvalue weighted by Gasteiger charge is -2.33. The van der Waals surface area contributed by atoms with Crippen molar-refractivity contribution >= 4 is 28.2 Å². The summed E-state index contributed by atoms with van der Waals surface area (Å²) in [5.74, 6) is 0.419. The number of halogens is 1. The van der Waals surface area contributed by atoms with E-state index in [1.54, 1.807) is 25.1 Å². The van der Waals surface area contributed by atoms with Gasteiger partial charge in [0.05, 0.1) is 36.2 Å². The normalized spacial score (nSPS) is 22.0. The Kier molecular flexibility index (Phi) is 8.26. The Morgan fingerprint density at radius 2 is 2.02 bits per heavy atom. The fourth-order valence-electron chi connectivity index (χ4n) is 8.55. The van der Waals surface area contributed by atoms with Gasteiger partial charge in [0.1, 0.15) is 18.2 Å². The number of aryl methyl sites for hydroxylation is 2. The highest BCUT2D eigenvalue weighted by Crippen LogP contribution is 2.43. The third kappa shape index (κ3) is 5.68. The van der Waals surface area contributed by atoms with Gasteiger partial charge in [-0.3, -0.25) is 14.4 Å². The molecular formula is C38H45FN8O3. The zero-order valence-corrected chi connectivity index (χ0v) is 29.2. The molecule has 0 unspecified atom stereocenters. The Morgan fingerprint density at radius 1 is 1.16 bits per heavy atom. The van der Waals surface area contributed by atoms with E-state index in [1.165, 1.54) is 11.6 Å². The molecule has 0 saturated carbocycles. The number of anilines is 2. The minimum atomic E-state index is -0.386. The number of ether oxygens (including phenoxy) is 2. The number of nitrogens with zero attached hydrogens (tertiary/aromatic N) is 7. The van der Waals surface area contributed by atoms with Crippen molar-refractivity contribution in [3.63, 3.8) is 0 Å². The number of hydrogen-bond donors (Lipinski definition) is 1. The number of amides is 1. The predicted octanol–water partition coefficient (Wildman–Crippen LogP) is 5.21. The summed E-state index contributed by atoms with van der Waals surface area (Å²) in [6.45, 7) is 10.9. The number of nitrogen functional groups attached to an aromatic ring is 1. The maximum atomic E-state index is 15.1. The molecule has 11 nitrogen and oxygen atoms in total. The van der Waals surface area contributed by atoms with Crippen LogP contribution in [0.3, 0.4) is 0 Å². The number of hydrogen-bond acceptors (Lipinski definition) is 9. The van der Waals surface area contributed by atoms with Gasteiger partial charge in [0.2, 0.25) is 0 Å². The van der Waals surface area contributed by atoms with Crippen molar-refractivity contribution < 1.29 is 18.7 Å². The minimum absolute atomic E-state index is 0.0757. The molecule has 2 saturated heterocycles. The molecule has 4 aliphatic rings. The number of carbonyl (C=O) groups is 1. The summed E-state index contributed by atoms with van der Waals surface area (Å²) >= 11 is 0. The molecular weight excluding hydrogens is 635 g/mol. The van der Waals surface area contributed by atoms with Crippen LogP contribution in [0, 0.1) is 5.82 Å². The smallest absolute Gasteiger partial charge is 0.318 e. The van der Waals surface area contributed by atoms with Gasteiger partial charge < -0.3 is 25.0 Å².